The molecule has 0 aliphatic heterocycles. The SMILES string of the molecule is O=C(NCC1(c2ccsc2)CCCC1)c1ccc(Cl)c([N+](=O)[O-])c1. The molecule has 0 radical (unpaired) electrons. The summed E-state index contributed by atoms with van der Waals surface area (Å²) >= 11 is 7.45. The molecule has 3 rings (SSSR count). The molecule has 5 nitrogen and oxygen atoms in total. The van der Waals surface area contributed by atoms with Crippen LogP contribution in [-0.4, -0.2) is 17.4 Å². The summed E-state index contributed by atoms with van der Waals surface area (Å²) in [6, 6.07) is 6.24. The Morgan fingerprint density at radius 1 is 1.33 bits per heavy atom. The highest BCUT2D eigenvalue weighted by Crippen LogP contribution is 2.41. The van der Waals surface area contributed by atoms with Crippen LogP contribution in [0.4, 0.5) is 5.69 Å². The maximum absolute atomic E-state index is 12.4. The molecule has 1 saturated carbocycles. The maximum atomic E-state index is 12.4. The van der Waals surface area contributed by atoms with Gasteiger partial charge in [0.2, 0.25) is 0 Å². The first-order valence-corrected chi connectivity index (χ1v) is 9.09. The molecule has 2 aromatic rings. The smallest absolute Gasteiger partial charge is 0.288 e. The summed E-state index contributed by atoms with van der Waals surface area (Å²) in [7, 11) is 0. The lowest BCUT2D eigenvalue weighted by molar-refractivity contribution is -0.384. The third-order valence-electron chi connectivity index (χ3n) is 4.69. The van der Waals surface area contributed by atoms with E-state index >= 15 is 0 Å². The van der Waals surface area contributed by atoms with Crippen LogP contribution in [0.2, 0.25) is 5.02 Å². The second-order valence-corrected chi connectivity index (χ2v) is 7.29. The normalized spacial score (nSPS) is 16.0. The molecule has 1 fully saturated rings. The predicted molar refractivity (Wildman–Crippen MR) is 94.9 cm³/mol. The molecule has 1 aromatic carbocycles. The number of hydrogen-bond donors (Lipinski definition) is 1. The summed E-state index contributed by atoms with van der Waals surface area (Å²) in [5.41, 5.74) is 1.25. The van der Waals surface area contributed by atoms with Gasteiger partial charge in [-0.3, -0.25) is 14.9 Å². The number of halogens is 1. The summed E-state index contributed by atoms with van der Waals surface area (Å²) in [6.45, 7) is 0.541. The van der Waals surface area contributed by atoms with Crippen molar-refractivity contribution in [3.05, 3.63) is 61.3 Å². The van der Waals surface area contributed by atoms with Crippen molar-refractivity contribution in [2.45, 2.75) is 31.1 Å². The lowest BCUT2D eigenvalue weighted by Crippen LogP contribution is -2.38. The van der Waals surface area contributed by atoms with Gasteiger partial charge in [-0.15, -0.1) is 0 Å². The molecule has 1 N–H and O–H groups in total. The fourth-order valence-electron chi connectivity index (χ4n) is 3.33. The number of carbonyl (C=O) groups excluding carboxylic acids is 1. The average Bonchev–Trinajstić information content (AvgIpc) is 3.25. The largest absolute Gasteiger partial charge is 0.351 e. The number of amides is 1. The molecule has 0 unspecified atom stereocenters. The van der Waals surface area contributed by atoms with E-state index in [1.54, 1.807) is 11.3 Å². The molecule has 24 heavy (non-hydrogen) atoms. The van der Waals surface area contributed by atoms with Gasteiger partial charge in [-0.05, 0) is 47.4 Å². The molecule has 7 heteroatoms. The van der Waals surface area contributed by atoms with Crippen LogP contribution in [0.25, 0.3) is 0 Å². The second kappa shape index (κ2) is 6.91. The minimum absolute atomic E-state index is 0.0198. The molecule has 1 amide bonds. The number of nitro groups is 1. The summed E-state index contributed by atoms with van der Waals surface area (Å²) < 4.78 is 0. The minimum atomic E-state index is -0.580. The third-order valence-corrected chi connectivity index (χ3v) is 5.69. The number of hydrogen-bond acceptors (Lipinski definition) is 4. The van der Waals surface area contributed by atoms with Crippen LogP contribution >= 0.6 is 22.9 Å². The fourth-order valence-corrected chi connectivity index (χ4v) is 4.30. The number of nitro benzene ring substituents is 1. The number of nitrogens with one attached hydrogen (secondary N) is 1. The van der Waals surface area contributed by atoms with Crippen LogP contribution in [-0.2, 0) is 5.41 Å². The first-order valence-electron chi connectivity index (χ1n) is 7.77. The van der Waals surface area contributed by atoms with Gasteiger partial charge in [-0.1, -0.05) is 24.4 Å². The van der Waals surface area contributed by atoms with E-state index in [0.717, 1.165) is 25.7 Å². The Kier molecular flexibility index (Phi) is 4.87. The van der Waals surface area contributed by atoms with Crippen LogP contribution in [0.3, 0.4) is 0 Å². The van der Waals surface area contributed by atoms with Crippen molar-refractivity contribution in [2.24, 2.45) is 0 Å². The van der Waals surface area contributed by atoms with Crippen molar-refractivity contribution in [1.29, 1.82) is 0 Å². The van der Waals surface area contributed by atoms with Crippen molar-refractivity contribution in [1.82, 2.24) is 5.32 Å². The number of carbonyl (C=O) groups is 1. The van der Waals surface area contributed by atoms with Crippen LogP contribution in [0.5, 0.6) is 0 Å². The molecule has 1 aliphatic rings. The van der Waals surface area contributed by atoms with E-state index < -0.39 is 4.92 Å². The van der Waals surface area contributed by atoms with Gasteiger partial charge in [-0.2, -0.15) is 11.3 Å². The Labute approximate surface area is 148 Å². The van der Waals surface area contributed by atoms with Crippen molar-refractivity contribution in [3.8, 4) is 0 Å². The van der Waals surface area contributed by atoms with E-state index in [9.17, 15) is 14.9 Å². The van der Waals surface area contributed by atoms with Crippen molar-refractivity contribution >= 4 is 34.5 Å². The Balaban J connectivity index is 1.75. The zero-order chi connectivity index (χ0) is 17.2. The van der Waals surface area contributed by atoms with E-state index in [0.29, 0.717) is 6.54 Å². The Bertz CT molecular complexity index is 755. The average molecular weight is 365 g/mol. The van der Waals surface area contributed by atoms with Gasteiger partial charge in [0.1, 0.15) is 5.02 Å². The first-order chi connectivity index (χ1) is 11.5. The third kappa shape index (κ3) is 3.30. The van der Waals surface area contributed by atoms with Crippen molar-refractivity contribution < 1.29 is 9.72 Å². The van der Waals surface area contributed by atoms with Crippen molar-refractivity contribution in [3.63, 3.8) is 0 Å². The highest BCUT2D eigenvalue weighted by atomic mass is 35.5. The van der Waals surface area contributed by atoms with Gasteiger partial charge >= 0.3 is 0 Å². The number of thiophene rings is 1. The van der Waals surface area contributed by atoms with Crippen LogP contribution < -0.4 is 5.32 Å². The van der Waals surface area contributed by atoms with E-state index in [-0.39, 0.29) is 27.6 Å². The zero-order valence-corrected chi connectivity index (χ0v) is 14.5. The summed E-state index contributed by atoms with van der Waals surface area (Å²) in [4.78, 5) is 22.8. The van der Waals surface area contributed by atoms with Crippen LogP contribution in [0, 0.1) is 10.1 Å². The monoisotopic (exact) mass is 364 g/mol. The Hall–Kier alpha value is -1.92. The zero-order valence-electron chi connectivity index (χ0n) is 13.0. The van der Waals surface area contributed by atoms with E-state index in [1.165, 1.54) is 23.8 Å². The van der Waals surface area contributed by atoms with Crippen LogP contribution in [0.1, 0.15) is 41.6 Å². The minimum Gasteiger partial charge on any atom is -0.351 e. The summed E-state index contributed by atoms with van der Waals surface area (Å²) in [5.74, 6) is -0.309. The molecule has 0 saturated heterocycles. The Morgan fingerprint density at radius 3 is 2.71 bits per heavy atom. The molecule has 126 valence electrons. The standard InChI is InChI=1S/C17H17ClN2O3S/c18-14-4-3-12(9-15(14)20(22)23)16(21)19-11-17(6-1-2-7-17)13-5-8-24-10-13/h3-5,8-10H,1-2,6-7,11H2,(H,19,21). The molecular weight excluding hydrogens is 348 g/mol. The molecule has 0 atom stereocenters. The number of benzene rings is 1. The Morgan fingerprint density at radius 2 is 2.08 bits per heavy atom. The highest BCUT2D eigenvalue weighted by molar-refractivity contribution is 7.08. The van der Waals surface area contributed by atoms with Gasteiger partial charge in [-0.25, -0.2) is 0 Å². The topological polar surface area (TPSA) is 72.2 Å². The predicted octanol–water partition coefficient (Wildman–Crippen LogP) is 4.55. The lowest BCUT2D eigenvalue weighted by Gasteiger charge is -2.28. The van der Waals surface area contributed by atoms with Gasteiger partial charge in [0.25, 0.3) is 11.6 Å². The van der Waals surface area contributed by atoms with Crippen LogP contribution in [0.15, 0.2) is 35.0 Å². The number of rotatable bonds is 5. The van der Waals surface area contributed by atoms with E-state index in [2.05, 4.69) is 22.1 Å². The second-order valence-electron chi connectivity index (χ2n) is 6.11. The first kappa shape index (κ1) is 16.9. The van der Waals surface area contributed by atoms with Gasteiger partial charge in [0.15, 0.2) is 0 Å². The molecule has 0 bridgehead atoms. The fraction of sp³-hybridized carbons (Fsp3) is 0.353. The maximum Gasteiger partial charge on any atom is 0.288 e. The number of nitrogens with zero attached hydrogens (tertiary/aromatic N) is 1. The van der Waals surface area contributed by atoms with E-state index in [1.807, 2.05) is 0 Å². The molecule has 1 heterocycles. The van der Waals surface area contributed by atoms with Gasteiger partial charge < -0.3 is 5.32 Å². The summed E-state index contributed by atoms with van der Waals surface area (Å²) in [6.07, 6.45) is 4.39. The quantitative estimate of drug-likeness (QED) is 0.624. The molecule has 1 aliphatic carbocycles. The lowest BCUT2D eigenvalue weighted by atomic mass is 9.80. The molecule has 0 spiro atoms. The van der Waals surface area contributed by atoms with Gasteiger partial charge in [0.05, 0.1) is 4.92 Å². The molecule has 1 aromatic heterocycles. The van der Waals surface area contributed by atoms with E-state index in [4.69, 9.17) is 11.6 Å². The highest BCUT2D eigenvalue weighted by Gasteiger charge is 2.36. The van der Waals surface area contributed by atoms with Crippen molar-refractivity contribution in [2.75, 3.05) is 6.54 Å². The summed E-state index contributed by atoms with van der Waals surface area (Å²) in [5, 5.41) is 18.1. The molecular formula is C17H17ClN2O3S. The van der Waals surface area contributed by atoms with Gasteiger partial charge in [0, 0.05) is 23.6 Å².